The minimum Gasteiger partial charge on any atom is -0.444 e. The van der Waals surface area contributed by atoms with E-state index in [9.17, 15) is 14.4 Å². The van der Waals surface area contributed by atoms with E-state index in [0.717, 1.165) is 16.7 Å². The average molecular weight is 460 g/mol. The Hall–Kier alpha value is -4.13. The fraction of sp³-hybridized carbons (Fsp3) is 0.222. The second-order valence-corrected chi connectivity index (χ2v) is 8.73. The summed E-state index contributed by atoms with van der Waals surface area (Å²) in [6.07, 6.45) is -0.641. The van der Waals surface area contributed by atoms with Crippen molar-refractivity contribution in [3.8, 4) is 11.1 Å². The fourth-order valence-electron chi connectivity index (χ4n) is 3.08. The lowest BCUT2D eigenvalue weighted by Gasteiger charge is -2.19. The van der Waals surface area contributed by atoms with Crippen LogP contribution in [0.3, 0.4) is 0 Å². The second kappa shape index (κ2) is 11.1. The molecule has 0 unspecified atom stereocenters. The summed E-state index contributed by atoms with van der Waals surface area (Å²) in [4.78, 5) is 36.1. The highest BCUT2D eigenvalue weighted by Gasteiger charge is 2.16. The molecular formula is C27H29N3O4. The molecule has 3 N–H and O–H groups in total. The number of anilines is 1. The minimum absolute atomic E-state index is 0.174. The first kappa shape index (κ1) is 24.5. The van der Waals surface area contributed by atoms with Gasteiger partial charge in [-0.15, -0.1) is 0 Å². The van der Waals surface area contributed by atoms with Crippen LogP contribution in [0.2, 0.25) is 0 Å². The van der Waals surface area contributed by atoms with Gasteiger partial charge in [0, 0.05) is 17.8 Å². The van der Waals surface area contributed by atoms with Gasteiger partial charge in [0.25, 0.3) is 5.91 Å². The zero-order chi connectivity index (χ0) is 24.6. The number of nitrogens with one attached hydrogen (secondary N) is 3. The number of rotatable bonds is 7. The molecule has 0 saturated carbocycles. The summed E-state index contributed by atoms with van der Waals surface area (Å²) in [6, 6.07) is 24.6. The van der Waals surface area contributed by atoms with Crippen LogP contribution in [0.15, 0.2) is 78.9 Å². The lowest BCUT2D eigenvalue weighted by molar-refractivity contribution is -0.120. The van der Waals surface area contributed by atoms with E-state index in [0.29, 0.717) is 17.8 Å². The van der Waals surface area contributed by atoms with Crippen LogP contribution in [0.5, 0.6) is 0 Å². The molecule has 0 aliphatic heterocycles. The number of amides is 3. The third kappa shape index (κ3) is 7.78. The van der Waals surface area contributed by atoms with Gasteiger partial charge in [0.05, 0.1) is 0 Å². The van der Waals surface area contributed by atoms with Gasteiger partial charge in [0.2, 0.25) is 5.91 Å². The zero-order valence-electron chi connectivity index (χ0n) is 19.6. The van der Waals surface area contributed by atoms with Gasteiger partial charge in [-0.05, 0) is 61.7 Å². The van der Waals surface area contributed by atoms with Crippen LogP contribution in [0.1, 0.15) is 36.7 Å². The topological polar surface area (TPSA) is 96.5 Å². The SMILES string of the molecule is CC(C)(C)OC(=O)NCC(=O)NCc1ccc(NC(=O)c2ccc(-c3ccccc3)cc2)cc1. The van der Waals surface area contributed by atoms with Gasteiger partial charge in [-0.25, -0.2) is 4.79 Å². The standard InChI is InChI=1S/C27H29N3O4/c1-27(2,3)34-26(33)29-18-24(31)28-17-19-9-15-23(16-10-19)30-25(32)22-13-11-21(12-14-22)20-7-5-4-6-8-20/h4-16H,17-18H2,1-3H3,(H,28,31)(H,29,33)(H,30,32). The van der Waals surface area contributed by atoms with Crippen LogP contribution >= 0.6 is 0 Å². The van der Waals surface area contributed by atoms with Crippen molar-refractivity contribution < 1.29 is 19.1 Å². The molecule has 0 spiro atoms. The lowest BCUT2D eigenvalue weighted by Crippen LogP contribution is -2.39. The van der Waals surface area contributed by atoms with Crippen molar-refractivity contribution in [1.82, 2.24) is 10.6 Å². The maximum Gasteiger partial charge on any atom is 0.408 e. The Kier molecular flexibility index (Phi) is 8.03. The predicted octanol–water partition coefficient (Wildman–Crippen LogP) is 4.75. The normalized spacial score (nSPS) is 10.8. The number of hydrogen-bond acceptors (Lipinski definition) is 4. The van der Waals surface area contributed by atoms with E-state index in [2.05, 4.69) is 16.0 Å². The van der Waals surface area contributed by atoms with Crippen molar-refractivity contribution >= 4 is 23.6 Å². The molecule has 0 bridgehead atoms. The lowest BCUT2D eigenvalue weighted by atomic mass is 10.0. The molecule has 0 radical (unpaired) electrons. The molecule has 176 valence electrons. The van der Waals surface area contributed by atoms with Crippen molar-refractivity contribution in [2.24, 2.45) is 0 Å². The first-order valence-electron chi connectivity index (χ1n) is 11.0. The Labute approximate surface area is 199 Å². The van der Waals surface area contributed by atoms with E-state index >= 15 is 0 Å². The zero-order valence-corrected chi connectivity index (χ0v) is 19.6. The third-order valence-electron chi connectivity index (χ3n) is 4.75. The summed E-state index contributed by atoms with van der Waals surface area (Å²) in [5.74, 6) is -0.531. The first-order valence-corrected chi connectivity index (χ1v) is 11.0. The monoisotopic (exact) mass is 459 g/mol. The summed E-state index contributed by atoms with van der Waals surface area (Å²) in [6.45, 7) is 5.37. The summed E-state index contributed by atoms with van der Waals surface area (Å²) < 4.78 is 5.09. The molecule has 7 nitrogen and oxygen atoms in total. The molecule has 0 heterocycles. The van der Waals surface area contributed by atoms with E-state index in [-0.39, 0.29) is 18.4 Å². The van der Waals surface area contributed by atoms with Gasteiger partial charge in [-0.1, -0.05) is 54.6 Å². The highest BCUT2D eigenvalue weighted by atomic mass is 16.6. The summed E-state index contributed by atoms with van der Waals surface area (Å²) >= 11 is 0. The molecule has 3 aromatic carbocycles. The fourth-order valence-corrected chi connectivity index (χ4v) is 3.08. The van der Waals surface area contributed by atoms with Crippen LogP contribution in [0.4, 0.5) is 10.5 Å². The van der Waals surface area contributed by atoms with E-state index in [1.54, 1.807) is 45.0 Å². The average Bonchev–Trinajstić information content (AvgIpc) is 2.82. The Morgan fingerprint density at radius 2 is 1.38 bits per heavy atom. The van der Waals surface area contributed by atoms with Crippen molar-refractivity contribution in [3.63, 3.8) is 0 Å². The number of benzene rings is 3. The van der Waals surface area contributed by atoms with Gasteiger partial charge < -0.3 is 20.7 Å². The largest absolute Gasteiger partial charge is 0.444 e. The highest BCUT2D eigenvalue weighted by molar-refractivity contribution is 6.04. The molecule has 0 aliphatic carbocycles. The Morgan fingerprint density at radius 3 is 2.00 bits per heavy atom. The number of carbonyl (C=O) groups excluding carboxylic acids is 3. The van der Waals surface area contributed by atoms with E-state index in [1.165, 1.54) is 0 Å². The summed E-state index contributed by atoms with van der Waals surface area (Å²) in [7, 11) is 0. The molecule has 3 aromatic rings. The van der Waals surface area contributed by atoms with E-state index in [1.807, 2.05) is 54.6 Å². The van der Waals surface area contributed by atoms with Crippen molar-refractivity contribution in [3.05, 3.63) is 90.0 Å². The highest BCUT2D eigenvalue weighted by Crippen LogP contribution is 2.20. The number of alkyl carbamates (subject to hydrolysis) is 1. The Morgan fingerprint density at radius 1 is 0.765 bits per heavy atom. The molecule has 3 rings (SSSR count). The summed E-state index contributed by atoms with van der Waals surface area (Å²) in [5, 5.41) is 8.01. The van der Waals surface area contributed by atoms with Crippen molar-refractivity contribution in [2.75, 3.05) is 11.9 Å². The van der Waals surface area contributed by atoms with Crippen molar-refractivity contribution in [2.45, 2.75) is 32.9 Å². The smallest absolute Gasteiger partial charge is 0.408 e. The van der Waals surface area contributed by atoms with Gasteiger partial charge in [-0.3, -0.25) is 9.59 Å². The number of ether oxygens (including phenoxy) is 1. The van der Waals surface area contributed by atoms with Gasteiger partial charge in [-0.2, -0.15) is 0 Å². The van der Waals surface area contributed by atoms with Crippen LogP contribution in [-0.4, -0.2) is 30.1 Å². The van der Waals surface area contributed by atoms with Gasteiger partial charge >= 0.3 is 6.09 Å². The molecule has 0 atom stereocenters. The molecular weight excluding hydrogens is 430 g/mol. The Balaban J connectivity index is 1.45. The third-order valence-corrected chi connectivity index (χ3v) is 4.75. The molecule has 0 aliphatic rings. The molecule has 7 heteroatoms. The predicted molar refractivity (Wildman–Crippen MR) is 132 cm³/mol. The molecule has 34 heavy (non-hydrogen) atoms. The molecule has 0 aromatic heterocycles. The number of carbonyl (C=O) groups is 3. The maximum absolute atomic E-state index is 12.6. The second-order valence-electron chi connectivity index (χ2n) is 8.73. The molecule has 0 saturated heterocycles. The quantitative estimate of drug-likeness (QED) is 0.475. The van der Waals surface area contributed by atoms with Crippen LogP contribution in [0, 0.1) is 0 Å². The van der Waals surface area contributed by atoms with Gasteiger partial charge in [0.1, 0.15) is 12.1 Å². The van der Waals surface area contributed by atoms with Gasteiger partial charge in [0.15, 0.2) is 0 Å². The molecule has 0 fully saturated rings. The Bertz CT molecular complexity index is 1120. The van der Waals surface area contributed by atoms with Crippen LogP contribution in [-0.2, 0) is 16.1 Å². The minimum atomic E-state index is -0.641. The number of hydrogen-bond donors (Lipinski definition) is 3. The van der Waals surface area contributed by atoms with E-state index in [4.69, 9.17) is 4.74 Å². The maximum atomic E-state index is 12.6. The van der Waals surface area contributed by atoms with Crippen LogP contribution < -0.4 is 16.0 Å². The summed E-state index contributed by atoms with van der Waals surface area (Å²) in [5.41, 5.74) is 3.59. The van der Waals surface area contributed by atoms with Crippen LogP contribution in [0.25, 0.3) is 11.1 Å². The van der Waals surface area contributed by atoms with E-state index < -0.39 is 11.7 Å². The van der Waals surface area contributed by atoms with Crippen molar-refractivity contribution in [1.29, 1.82) is 0 Å². The first-order chi connectivity index (χ1) is 16.2. The molecule has 3 amide bonds.